The molecule has 0 bridgehead atoms. The molecule has 0 atom stereocenters. The topological polar surface area (TPSA) is 105 Å². The summed E-state index contributed by atoms with van der Waals surface area (Å²) in [5.41, 5.74) is 1.42. The van der Waals surface area contributed by atoms with E-state index in [4.69, 9.17) is 4.42 Å². The smallest absolute Gasteiger partial charge is 0.408 e. The van der Waals surface area contributed by atoms with Crippen molar-refractivity contribution in [3.05, 3.63) is 58.8 Å². The summed E-state index contributed by atoms with van der Waals surface area (Å²) in [6, 6.07) is 10.4. The molecule has 9 nitrogen and oxygen atoms in total. The van der Waals surface area contributed by atoms with Crippen LogP contribution >= 0.6 is 0 Å². The quantitative estimate of drug-likeness (QED) is 0.664. The van der Waals surface area contributed by atoms with Gasteiger partial charge in [0.25, 0.3) is 0 Å². The van der Waals surface area contributed by atoms with Crippen molar-refractivity contribution in [2.45, 2.75) is 6.54 Å². The molecular formula is C18H17FN4O5S. The van der Waals surface area contributed by atoms with Gasteiger partial charge < -0.3 is 9.73 Å². The molecule has 2 heterocycles. The summed E-state index contributed by atoms with van der Waals surface area (Å²) in [6.07, 6.45) is 0. The second-order valence-electron chi connectivity index (χ2n) is 6.45. The lowest BCUT2D eigenvalue weighted by Gasteiger charge is -2.19. The number of rotatable bonds is 5. The normalized spacial score (nSPS) is 15.0. The largest absolute Gasteiger partial charge is 0.420 e. The predicted octanol–water partition coefficient (Wildman–Crippen LogP) is 1.05. The SMILES string of the molecule is CN1c2ccc(F)cc2N(CCNC(=O)Cn2c(=O)oc3ccccc32)S1(=O)=O. The van der Waals surface area contributed by atoms with Gasteiger partial charge in [-0.2, -0.15) is 8.42 Å². The van der Waals surface area contributed by atoms with E-state index in [1.54, 1.807) is 24.3 Å². The zero-order valence-electron chi connectivity index (χ0n) is 15.3. The van der Waals surface area contributed by atoms with Crippen molar-refractivity contribution in [1.29, 1.82) is 0 Å². The number of hydrogen-bond donors (Lipinski definition) is 1. The molecule has 0 fully saturated rings. The first-order chi connectivity index (χ1) is 13.8. The fourth-order valence-corrected chi connectivity index (χ4v) is 4.67. The Bertz CT molecular complexity index is 1270. The molecule has 0 aliphatic carbocycles. The maximum absolute atomic E-state index is 13.6. The maximum atomic E-state index is 13.6. The van der Waals surface area contributed by atoms with Crippen molar-refractivity contribution in [3.63, 3.8) is 0 Å². The van der Waals surface area contributed by atoms with Gasteiger partial charge >= 0.3 is 16.0 Å². The molecule has 1 amide bonds. The minimum absolute atomic E-state index is 0.0214. The van der Waals surface area contributed by atoms with Crippen molar-refractivity contribution >= 4 is 38.6 Å². The summed E-state index contributed by atoms with van der Waals surface area (Å²) in [7, 11) is -2.47. The second-order valence-corrected chi connectivity index (χ2v) is 8.34. The number of amides is 1. The fraction of sp³-hybridized carbons (Fsp3) is 0.222. The van der Waals surface area contributed by atoms with Crippen LogP contribution in [-0.2, 0) is 21.5 Å². The van der Waals surface area contributed by atoms with E-state index in [0.717, 1.165) is 14.7 Å². The average Bonchev–Trinajstić information content (AvgIpc) is 3.08. The Morgan fingerprint density at radius 3 is 2.72 bits per heavy atom. The standard InChI is InChI=1S/C18H17FN4O5S/c1-21-13-7-6-12(19)10-15(13)23(29(21,26)27)9-8-20-17(24)11-22-14-4-2-3-5-16(14)28-18(22)25/h2-7,10H,8-9,11H2,1H3,(H,20,24). The van der Waals surface area contributed by atoms with E-state index in [2.05, 4.69) is 5.32 Å². The predicted molar refractivity (Wildman–Crippen MR) is 105 cm³/mol. The number of fused-ring (bicyclic) bond motifs is 2. The second kappa shape index (κ2) is 6.92. The molecule has 29 heavy (non-hydrogen) atoms. The molecule has 3 aromatic rings. The summed E-state index contributed by atoms with van der Waals surface area (Å²) >= 11 is 0. The van der Waals surface area contributed by atoms with Gasteiger partial charge in [0, 0.05) is 19.7 Å². The van der Waals surface area contributed by atoms with Gasteiger partial charge in [-0.15, -0.1) is 0 Å². The van der Waals surface area contributed by atoms with Gasteiger partial charge in [0.05, 0.1) is 23.4 Å². The van der Waals surface area contributed by atoms with Gasteiger partial charge in [-0.05, 0) is 24.3 Å². The molecule has 2 aromatic carbocycles. The highest BCUT2D eigenvalue weighted by Gasteiger charge is 2.37. The summed E-state index contributed by atoms with van der Waals surface area (Å²) in [4.78, 5) is 24.2. The first kappa shape index (κ1) is 19.0. The van der Waals surface area contributed by atoms with Crippen molar-refractivity contribution in [3.8, 4) is 0 Å². The Balaban J connectivity index is 1.45. The first-order valence-electron chi connectivity index (χ1n) is 8.70. The summed E-state index contributed by atoms with van der Waals surface area (Å²) < 4.78 is 47.0. The van der Waals surface area contributed by atoms with E-state index in [-0.39, 0.29) is 25.3 Å². The van der Waals surface area contributed by atoms with E-state index in [0.29, 0.717) is 16.8 Å². The highest BCUT2D eigenvalue weighted by atomic mass is 32.2. The monoisotopic (exact) mass is 420 g/mol. The molecule has 0 saturated heterocycles. The average molecular weight is 420 g/mol. The Morgan fingerprint density at radius 1 is 1.17 bits per heavy atom. The number of carbonyl (C=O) groups excluding carboxylic acids is 1. The van der Waals surface area contributed by atoms with Gasteiger partial charge in [-0.3, -0.25) is 13.7 Å². The zero-order chi connectivity index (χ0) is 20.8. The molecule has 0 unspecified atom stereocenters. The Hall–Kier alpha value is -3.34. The molecule has 0 saturated carbocycles. The third-order valence-electron chi connectivity index (χ3n) is 4.68. The minimum Gasteiger partial charge on any atom is -0.408 e. The van der Waals surface area contributed by atoms with E-state index in [1.807, 2.05) is 0 Å². The van der Waals surface area contributed by atoms with Crippen molar-refractivity contribution in [2.75, 3.05) is 28.7 Å². The highest BCUT2D eigenvalue weighted by molar-refractivity contribution is 7.94. The number of benzene rings is 2. The number of halogens is 1. The van der Waals surface area contributed by atoms with Crippen LogP contribution < -0.4 is 19.7 Å². The molecule has 0 radical (unpaired) electrons. The molecule has 152 valence electrons. The van der Waals surface area contributed by atoms with Crippen molar-refractivity contribution in [1.82, 2.24) is 9.88 Å². The van der Waals surface area contributed by atoms with E-state index in [1.165, 1.54) is 23.7 Å². The lowest BCUT2D eigenvalue weighted by atomic mass is 10.2. The van der Waals surface area contributed by atoms with Gasteiger partial charge in [-0.1, -0.05) is 12.1 Å². The molecule has 1 aliphatic heterocycles. The van der Waals surface area contributed by atoms with Crippen LogP contribution in [0.15, 0.2) is 51.7 Å². The molecular weight excluding hydrogens is 403 g/mol. The number of para-hydroxylation sites is 2. The Labute approximate surface area is 165 Å². The Kier molecular flexibility index (Phi) is 4.53. The lowest BCUT2D eigenvalue weighted by molar-refractivity contribution is -0.121. The molecule has 1 aromatic heterocycles. The van der Waals surface area contributed by atoms with Gasteiger partial charge in [0.1, 0.15) is 12.4 Å². The molecule has 4 rings (SSSR count). The van der Waals surface area contributed by atoms with Crippen molar-refractivity contribution < 1.29 is 22.0 Å². The fourth-order valence-electron chi connectivity index (χ4n) is 3.25. The van der Waals surface area contributed by atoms with Crippen LogP contribution in [0.25, 0.3) is 11.1 Å². The summed E-state index contributed by atoms with van der Waals surface area (Å²) in [5.74, 6) is -1.70. The third kappa shape index (κ3) is 3.23. The van der Waals surface area contributed by atoms with Gasteiger partial charge in [-0.25, -0.2) is 13.5 Å². The van der Waals surface area contributed by atoms with Crippen LogP contribution in [-0.4, -0.2) is 39.0 Å². The van der Waals surface area contributed by atoms with Crippen LogP contribution in [0.4, 0.5) is 15.8 Å². The number of carbonyl (C=O) groups is 1. The number of anilines is 2. The van der Waals surface area contributed by atoms with Crippen LogP contribution in [0.2, 0.25) is 0 Å². The Morgan fingerprint density at radius 2 is 1.93 bits per heavy atom. The number of oxazole rings is 1. The zero-order valence-corrected chi connectivity index (χ0v) is 16.1. The molecule has 1 aliphatic rings. The molecule has 0 spiro atoms. The first-order valence-corrected chi connectivity index (χ1v) is 10.1. The van der Waals surface area contributed by atoms with Crippen LogP contribution in [0.5, 0.6) is 0 Å². The van der Waals surface area contributed by atoms with Crippen molar-refractivity contribution in [2.24, 2.45) is 0 Å². The van der Waals surface area contributed by atoms with Crippen LogP contribution in [0.3, 0.4) is 0 Å². The summed E-state index contributed by atoms with van der Waals surface area (Å²) in [5, 5.41) is 2.58. The number of aromatic nitrogens is 1. The van der Waals surface area contributed by atoms with Gasteiger partial charge in [0.2, 0.25) is 5.91 Å². The van der Waals surface area contributed by atoms with Gasteiger partial charge in [0.15, 0.2) is 5.58 Å². The number of nitrogens with one attached hydrogen (secondary N) is 1. The maximum Gasteiger partial charge on any atom is 0.420 e. The van der Waals surface area contributed by atoms with Crippen LogP contribution in [0.1, 0.15) is 0 Å². The van der Waals surface area contributed by atoms with E-state index in [9.17, 15) is 22.4 Å². The lowest BCUT2D eigenvalue weighted by Crippen LogP contribution is -2.41. The molecule has 1 N–H and O–H groups in total. The minimum atomic E-state index is -3.85. The molecule has 11 heteroatoms. The number of nitrogens with zero attached hydrogens (tertiary/aromatic N) is 3. The summed E-state index contributed by atoms with van der Waals surface area (Å²) in [6.45, 7) is -0.379. The van der Waals surface area contributed by atoms with E-state index < -0.39 is 27.7 Å². The van der Waals surface area contributed by atoms with Crippen LogP contribution in [0, 0.1) is 5.82 Å². The highest BCUT2D eigenvalue weighted by Crippen LogP contribution is 2.39. The number of hydrogen-bond acceptors (Lipinski definition) is 5. The third-order valence-corrected chi connectivity index (χ3v) is 6.51. The van der Waals surface area contributed by atoms with E-state index >= 15 is 0 Å².